The van der Waals surface area contributed by atoms with Gasteiger partial charge in [0.1, 0.15) is 11.4 Å². The second-order valence-corrected chi connectivity index (χ2v) is 7.84. The number of amides is 1. The van der Waals surface area contributed by atoms with Crippen LogP contribution in [0.2, 0.25) is 0 Å². The maximum Gasteiger partial charge on any atom is 0.241 e. The van der Waals surface area contributed by atoms with Crippen molar-refractivity contribution in [3.8, 4) is 5.75 Å². The van der Waals surface area contributed by atoms with E-state index in [0.717, 1.165) is 23.4 Å². The molecule has 1 atom stereocenters. The summed E-state index contributed by atoms with van der Waals surface area (Å²) in [5.74, 6) is 0.882. The molecule has 2 aliphatic heterocycles. The minimum absolute atomic E-state index is 0.0589. The largest absolute Gasteiger partial charge is 0.497 e. The normalized spacial score (nSPS) is 22.7. The molecular weight excluding hydrogens is 336 g/mol. The first-order valence-electron chi connectivity index (χ1n) is 9.46. The van der Waals surface area contributed by atoms with Gasteiger partial charge in [0.05, 0.1) is 13.7 Å². The molecular formula is C23H26N2O2. The molecule has 1 unspecified atom stereocenters. The van der Waals surface area contributed by atoms with Crippen LogP contribution in [0.25, 0.3) is 6.08 Å². The maximum absolute atomic E-state index is 12.4. The number of carbonyl (C=O) groups is 1. The van der Waals surface area contributed by atoms with Crippen LogP contribution in [0.15, 0.2) is 48.5 Å². The summed E-state index contributed by atoms with van der Waals surface area (Å²) in [6, 6.07) is 14.6. The Kier molecular flexibility index (Phi) is 4.02. The van der Waals surface area contributed by atoms with E-state index in [-0.39, 0.29) is 11.3 Å². The van der Waals surface area contributed by atoms with Gasteiger partial charge in [-0.15, -0.1) is 0 Å². The SMILES string of the molecule is CCc1ccc2c(c1)C(C)(C)C1(C=Cc3cccc(OC)c3)NC(=O)CN21. The van der Waals surface area contributed by atoms with Crippen molar-refractivity contribution in [1.82, 2.24) is 5.32 Å². The highest BCUT2D eigenvalue weighted by Gasteiger charge is 2.59. The molecule has 4 heteroatoms. The quantitative estimate of drug-likeness (QED) is 0.897. The lowest BCUT2D eigenvalue weighted by Crippen LogP contribution is -2.58. The highest BCUT2D eigenvalue weighted by atomic mass is 16.5. The molecule has 4 rings (SSSR count). The average molecular weight is 362 g/mol. The smallest absolute Gasteiger partial charge is 0.241 e. The fourth-order valence-electron chi connectivity index (χ4n) is 4.40. The number of rotatable bonds is 4. The molecule has 0 aromatic heterocycles. The fourth-order valence-corrected chi connectivity index (χ4v) is 4.40. The van der Waals surface area contributed by atoms with Crippen LogP contribution in [0.1, 0.15) is 37.5 Å². The molecule has 2 heterocycles. The second-order valence-electron chi connectivity index (χ2n) is 7.84. The summed E-state index contributed by atoms with van der Waals surface area (Å²) >= 11 is 0. The first-order chi connectivity index (χ1) is 12.9. The minimum Gasteiger partial charge on any atom is -0.497 e. The molecule has 4 nitrogen and oxygen atoms in total. The van der Waals surface area contributed by atoms with Crippen molar-refractivity contribution in [2.24, 2.45) is 0 Å². The van der Waals surface area contributed by atoms with Crippen molar-refractivity contribution in [3.05, 3.63) is 65.2 Å². The molecule has 1 fully saturated rings. The Bertz CT molecular complexity index is 932. The van der Waals surface area contributed by atoms with E-state index in [1.54, 1.807) is 7.11 Å². The van der Waals surface area contributed by atoms with Crippen LogP contribution in [0.3, 0.4) is 0 Å². The lowest BCUT2D eigenvalue weighted by atomic mass is 9.75. The number of benzene rings is 2. The van der Waals surface area contributed by atoms with Gasteiger partial charge in [0.2, 0.25) is 5.91 Å². The molecule has 2 aliphatic rings. The Labute approximate surface area is 160 Å². The number of ether oxygens (including phenoxy) is 1. The van der Waals surface area contributed by atoms with Gasteiger partial charge in [0, 0.05) is 11.1 Å². The molecule has 2 aromatic rings. The van der Waals surface area contributed by atoms with Crippen LogP contribution in [-0.4, -0.2) is 25.2 Å². The van der Waals surface area contributed by atoms with Crippen LogP contribution < -0.4 is 15.0 Å². The van der Waals surface area contributed by atoms with Gasteiger partial charge in [-0.3, -0.25) is 4.79 Å². The van der Waals surface area contributed by atoms with E-state index in [4.69, 9.17) is 4.74 Å². The third kappa shape index (κ3) is 2.54. The van der Waals surface area contributed by atoms with Gasteiger partial charge in [0.15, 0.2) is 0 Å². The van der Waals surface area contributed by atoms with Gasteiger partial charge in [-0.25, -0.2) is 0 Å². The Balaban J connectivity index is 1.81. The summed E-state index contributed by atoms with van der Waals surface area (Å²) in [6.45, 7) is 6.98. The van der Waals surface area contributed by atoms with Gasteiger partial charge < -0.3 is 15.0 Å². The molecule has 0 spiro atoms. The summed E-state index contributed by atoms with van der Waals surface area (Å²) < 4.78 is 5.33. The van der Waals surface area contributed by atoms with Crippen LogP contribution in [-0.2, 0) is 16.6 Å². The van der Waals surface area contributed by atoms with Gasteiger partial charge in [-0.2, -0.15) is 0 Å². The Morgan fingerprint density at radius 3 is 2.78 bits per heavy atom. The highest BCUT2D eigenvalue weighted by Crippen LogP contribution is 2.53. The third-order valence-electron chi connectivity index (χ3n) is 6.05. The van der Waals surface area contributed by atoms with Crippen LogP contribution in [0, 0.1) is 0 Å². The lowest BCUT2D eigenvalue weighted by Gasteiger charge is -2.40. The van der Waals surface area contributed by atoms with Crippen molar-refractivity contribution >= 4 is 17.7 Å². The van der Waals surface area contributed by atoms with Crippen LogP contribution in [0.5, 0.6) is 5.75 Å². The number of anilines is 1. The van der Waals surface area contributed by atoms with Crippen molar-refractivity contribution in [2.75, 3.05) is 18.6 Å². The number of hydrogen-bond donors (Lipinski definition) is 1. The number of methoxy groups -OCH3 is 1. The summed E-state index contributed by atoms with van der Waals surface area (Å²) in [7, 11) is 1.67. The molecule has 27 heavy (non-hydrogen) atoms. The summed E-state index contributed by atoms with van der Waals surface area (Å²) in [6.07, 6.45) is 5.22. The number of nitrogens with one attached hydrogen (secondary N) is 1. The van der Waals surface area contributed by atoms with Gasteiger partial charge in [-0.1, -0.05) is 51.1 Å². The van der Waals surface area contributed by atoms with E-state index in [1.165, 1.54) is 11.1 Å². The Morgan fingerprint density at radius 1 is 1.22 bits per heavy atom. The van der Waals surface area contributed by atoms with Crippen molar-refractivity contribution in [1.29, 1.82) is 0 Å². The second kappa shape index (κ2) is 6.15. The predicted octanol–water partition coefficient (Wildman–Crippen LogP) is 3.89. The third-order valence-corrected chi connectivity index (χ3v) is 6.05. The lowest BCUT2D eigenvalue weighted by molar-refractivity contribution is -0.118. The summed E-state index contributed by atoms with van der Waals surface area (Å²) in [5, 5.41) is 3.27. The molecule has 1 saturated heterocycles. The summed E-state index contributed by atoms with van der Waals surface area (Å²) in [5.41, 5.74) is 3.98. The first kappa shape index (κ1) is 17.7. The topological polar surface area (TPSA) is 41.6 Å². The van der Waals surface area contributed by atoms with Gasteiger partial charge in [0.25, 0.3) is 0 Å². The Hall–Kier alpha value is -2.75. The van der Waals surface area contributed by atoms with Crippen molar-refractivity contribution in [3.63, 3.8) is 0 Å². The van der Waals surface area contributed by atoms with E-state index in [2.05, 4.69) is 61.3 Å². The number of carbonyl (C=O) groups excluding carboxylic acids is 1. The fraction of sp³-hybridized carbons (Fsp3) is 0.348. The van der Waals surface area contributed by atoms with E-state index in [0.29, 0.717) is 6.54 Å². The number of fused-ring (bicyclic) bond motifs is 3. The van der Waals surface area contributed by atoms with E-state index < -0.39 is 5.66 Å². The maximum atomic E-state index is 12.4. The molecule has 2 aromatic carbocycles. The molecule has 0 aliphatic carbocycles. The van der Waals surface area contributed by atoms with Gasteiger partial charge in [-0.05, 0) is 47.4 Å². The predicted molar refractivity (Wildman–Crippen MR) is 109 cm³/mol. The molecule has 1 N–H and O–H groups in total. The first-order valence-corrected chi connectivity index (χ1v) is 9.46. The average Bonchev–Trinajstić information content (AvgIpc) is 3.10. The van der Waals surface area contributed by atoms with Crippen LogP contribution >= 0.6 is 0 Å². The molecule has 0 saturated carbocycles. The zero-order valence-corrected chi connectivity index (χ0v) is 16.4. The molecule has 1 amide bonds. The van der Waals surface area contributed by atoms with E-state index >= 15 is 0 Å². The standard InChI is InChI=1S/C23H26N2O2/c1-5-16-9-10-20-19(14-16)22(2,3)23(24-21(26)15-25(20)23)12-11-17-7-6-8-18(13-17)27-4/h6-14H,5,15H2,1-4H3,(H,24,26). The Morgan fingerprint density at radius 2 is 2.04 bits per heavy atom. The number of aryl methyl sites for hydroxylation is 1. The summed E-state index contributed by atoms with van der Waals surface area (Å²) in [4.78, 5) is 14.6. The number of hydrogen-bond acceptors (Lipinski definition) is 3. The van der Waals surface area contributed by atoms with Gasteiger partial charge >= 0.3 is 0 Å². The molecule has 0 radical (unpaired) electrons. The zero-order valence-electron chi connectivity index (χ0n) is 16.4. The zero-order chi connectivity index (χ0) is 19.2. The van der Waals surface area contributed by atoms with E-state index in [1.807, 2.05) is 24.3 Å². The van der Waals surface area contributed by atoms with Crippen LogP contribution in [0.4, 0.5) is 5.69 Å². The number of nitrogens with zero attached hydrogens (tertiary/aromatic N) is 1. The molecule has 0 bridgehead atoms. The minimum atomic E-state index is -0.568. The highest BCUT2D eigenvalue weighted by molar-refractivity contribution is 5.91. The van der Waals surface area contributed by atoms with Crippen molar-refractivity contribution < 1.29 is 9.53 Å². The monoisotopic (exact) mass is 362 g/mol. The van der Waals surface area contributed by atoms with E-state index in [9.17, 15) is 4.79 Å². The van der Waals surface area contributed by atoms with Crippen molar-refractivity contribution in [2.45, 2.75) is 38.3 Å². The molecule has 140 valence electrons.